The van der Waals surface area contributed by atoms with Crippen LogP contribution in [0.15, 0.2) is 0 Å². The molecule has 1 spiro atoms. The van der Waals surface area contributed by atoms with Crippen molar-refractivity contribution in [1.82, 2.24) is 15.5 Å². The molecule has 25 heavy (non-hydrogen) atoms. The number of carbonyl (C=O) groups excluding carboxylic acids is 3. The minimum atomic E-state index is -0.782. The number of imide groups is 1. The zero-order chi connectivity index (χ0) is 17.9. The van der Waals surface area contributed by atoms with Gasteiger partial charge in [0.1, 0.15) is 12.1 Å². The van der Waals surface area contributed by atoms with E-state index in [1.54, 1.807) is 0 Å². The summed E-state index contributed by atoms with van der Waals surface area (Å²) in [5.41, 5.74) is -0.782. The molecule has 0 aromatic carbocycles. The quantitative estimate of drug-likeness (QED) is 0.769. The number of hydrogen-bond donors (Lipinski definition) is 2. The molecule has 0 bridgehead atoms. The first kappa shape index (κ1) is 18.2. The number of urea groups is 1. The Balaban J connectivity index is 1.59. The van der Waals surface area contributed by atoms with Gasteiger partial charge in [0.25, 0.3) is 5.91 Å². The molecule has 2 unspecified atom stereocenters. The molecule has 3 rings (SSSR count). The van der Waals surface area contributed by atoms with Gasteiger partial charge >= 0.3 is 6.03 Å². The second kappa shape index (κ2) is 7.75. The monoisotopic (exact) mass is 349 g/mol. The lowest BCUT2D eigenvalue weighted by Crippen LogP contribution is -2.54. The average Bonchev–Trinajstić information content (AvgIpc) is 2.78. The van der Waals surface area contributed by atoms with Crippen LogP contribution >= 0.6 is 0 Å². The van der Waals surface area contributed by atoms with E-state index >= 15 is 0 Å². The maximum absolute atomic E-state index is 12.9. The van der Waals surface area contributed by atoms with Gasteiger partial charge in [0.15, 0.2) is 0 Å². The molecule has 1 heterocycles. The third kappa shape index (κ3) is 3.82. The van der Waals surface area contributed by atoms with Gasteiger partial charge < -0.3 is 10.6 Å². The van der Waals surface area contributed by atoms with Crippen molar-refractivity contribution < 1.29 is 14.4 Å². The molecular weight excluding hydrogens is 318 g/mol. The fourth-order valence-electron chi connectivity index (χ4n) is 4.66. The number of carbonyl (C=O) groups is 3. The van der Waals surface area contributed by atoms with Crippen LogP contribution in [0.4, 0.5) is 4.79 Å². The van der Waals surface area contributed by atoms with Crippen LogP contribution in [0.3, 0.4) is 0 Å². The SMILES string of the molecule is CC1CCCCC12NC(=O)N(CC(=O)NC1CCCCCCC1)C2=O. The Kier molecular flexibility index (Phi) is 5.64. The van der Waals surface area contributed by atoms with Crippen LogP contribution in [0.25, 0.3) is 0 Å². The van der Waals surface area contributed by atoms with Gasteiger partial charge in [-0.25, -0.2) is 4.79 Å². The van der Waals surface area contributed by atoms with Crippen molar-refractivity contribution in [3.05, 3.63) is 0 Å². The van der Waals surface area contributed by atoms with Crippen molar-refractivity contribution >= 4 is 17.8 Å². The van der Waals surface area contributed by atoms with Crippen molar-refractivity contribution in [2.45, 2.75) is 89.1 Å². The van der Waals surface area contributed by atoms with E-state index in [1.807, 2.05) is 6.92 Å². The maximum atomic E-state index is 12.9. The Morgan fingerprint density at radius 1 is 1.08 bits per heavy atom. The molecular formula is C19H31N3O3. The average molecular weight is 349 g/mol. The summed E-state index contributed by atoms with van der Waals surface area (Å²) in [6.07, 6.45) is 11.6. The molecule has 2 saturated carbocycles. The normalized spacial score (nSPS) is 31.6. The van der Waals surface area contributed by atoms with Crippen molar-refractivity contribution in [2.24, 2.45) is 5.92 Å². The molecule has 4 amide bonds. The Morgan fingerprint density at radius 3 is 2.40 bits per heavy atom. The van der Waals surface area contributed by atoms with Gasteiger partial charge in [-0.15, -0.1) is 0 Å². The van der Waals surface area contributed by atoms with Crippen LogP contribution in [-0.4, -0.2) is 40.9 Å². The standard InChI is InChI=1S/C19H31N3O3/c1-14-9-7-8-12-19(14)17(24)22(18(25)21-19)13-16(23)20-15-10-5-3-2-4-6-11-15/h14-15H,2-13H2,1H3,(H,20,23)(H,21,25). The highest BCUT2D eigenvalue weighted by molar-refractivity contribution is 6.09. The first-order valence-electron chi connectivity index (χ1n) is 9.96. The molecule has 3 fully saturated rings. The van der Waals surface area contributed by atoms with Crippen LogP contribution in [0.5, 0.6) is 0 Å². The van der Waals surface area contributed by atoms with E-state index < -0.39 is 11.6 Å². The van der Waals surface area contributed by atoms with E-state index in [1.165, 1.54) is 19.3 Å². The molecule has 6 nitrogen and oxygen atoms in total. The van der Waals surface area contributed by atoms with Crippen molar-refractivity contribution in [3.63, 3.8) is 0 Å². The van der Waals surface area contributed by atoms with Crippen molar-refractivity contribution in [2.75, 3.05) is 6.54 Å². The molecule has 0 aromatic heterocycles. The second-order valence-electron chi connectivity index (χ2n) is 8.05. The third-order valence-electron chi connectivity index (χ3n) is 6.27. The Bertz CT molecular complexity index is 528. The van der Waals surface area contributed by atoms with Crippen molar-refractivity contribution in [1.29, 1.82) is 0 Å². The van der Waals surface area contributed by atoms with E-state index in [2.05, 4.69) is 10.6 Å². The van der Waals surface area contributed by atoms with E-state index in [4.69, 9.17) is 0 Å². The minimum Gasteiger partial charge on any atom is -0.352 e. The molecule has 2 N–H and O–H groups in total. The molecule has 6 heteroatoms. The summed E-state index contributed by atoms with van der Waals surface area (Å²) < 4.78 is 0. The summed E-state index contributed by atoms with van der Waals surface area (Å²) >= 11 is 0. The zero-order valence-corrected chi connectivity index (χ0v) is 15.3. The lowest BCUT2D eigenvalue weighted by atomic mass is 9.73. The van der Waals surface area contributed by atoms with Crippen LogP contribution in [-0.2, 0) is 9.59 Å². The van der Waals surface area contributed by atoms with Gasteiger partial charge in [-0.1, -0.05) is 51.9 Å². The van der Waals surface area contributed by atoms with E-state index in [0.717, 1.165) is 49.8 Å². The molecule has 2 atom stereocenters. The largest absolute Gasteiger partial charge is 0.352 e. The summed E-state index contributed by atoms with van der Waals surface area (Å²) in [4.78, 5) is 38.8. The first-order chi connectivity index (χ1) is 12.0. The molecule has 1 saturated heterocycles. The predicted molar refractivity (Wildman–Crippen MR) is 94.9 cm³/mol. The summed E-state index contributed by atoms with van der Waals surface area (Å²) in [5, 5.41) is 5.95. The van der Waals surface area contributed by atoms with Gasteiger partial charge in [0.2, 0.25) is 5.91 Å². The summed E-state index contributed by atoms with van der Waals surface area (Å²) in [6, 6.07) is -0.234. The predicted octanol–water partition coefficient (Wildman–Crippen LogP) is 2.72. The summed E-state index contributed by atoms with van der Waals surface area (Å²) in [6.45, 7) is 1.87. The smallest absolute Gasteiger partial charge is 0.325 e. The van der Waals surface area contributed by atoms with Gasteiger partial charge in [-0.3, -0.25) is 14.5 Å². The highest BCUT2D eigenvalue weighted by atomic mass is 16.2. The molecule has 0 radical (unpaired) electrons. The number of nitrogens with zero attached hydrogens (tertiary/aromatic N) is 1. The lowest BCUT2D eigenvalue weighted by Gasteiger charge is -2.36. The van der Waals surface area contributed by atoms with Gasteiger partial charge in [0, 0.05) is 6.04 Å². The molecule has 140 valence electrons. The fourth-order valence-corrected chi connectivity index (χ4v) is 4.66. The summed E-state index contributed by atoms with van der Waals surface area (Å²) in [5.74, 6) is -0.302. The zero-order valence-electron chi connectivity index (χ0n) is 15.3. The fraction of sp³-hybridized carbons (Fsp3) is 0.842. The van der Waals surface area contributed by atoms with Crippen LogP contribution in [0.2, 0.25) is 0 Å². The number of nitrogens with one attached hydrogen (secondary N) is 2. The Morgan fingerprint density at radius 2 is 1.72 bits per heavy atom. The number of rotatable bonds is 3. The van der Waals surface area contributed by atoms with Gasteiger partial charge in [-0.2, -0.15) is 0 Å². The van der Waals surface area contributed by atoms with Gasteiger partial charge in [0.05, 0.1) is 0 Å². The van der Waals surface area contributed by atoms with E-state index in [-0.39, 0.29) is 30.3 Å². The lowest BCUT2D eigenvalue weighted by molar-refractivity contribution is -0.137. The molecule has 1 aliphatic heterocycles. The molecule has 0 aromatic rings. The van der Waals surface area contributed by atoms with E-state index in [0.29, 0.717) is 6.42 Å². The number of hydrogen-bond acceptors (Lipinski definition) is 3. The third-order valence-corrected chi connectivity index (χ3v) is 6.27. The first-order valence-corrected chi connectivity index (χ1v) is 9.96. The highest BCUT2D eigenvalue weighted by Crippen LogP contribution is 2.38. The Labute approximate surface area is 150 Å². The molecule has 3 aliphatic rings. The van der Waals surface area contributed by atoms with Crippen LogP contribution < -0.4 is 10.6 Å². The molecule has 2 aliphatic carbocycles. The number of amides is 4. The minimum absolute atomic E-state index is 0.122. The van der Waals surface area contributed by atoms with Crippen molar-refractivity contribution in [3.8, 4) is 0 Å². The summed E-state index contributed by atoms with van der Waals surface area (Å²) in [7, 11) is 0. The Hall–Kier alpha value is -1.59. The maximum Gasteiger partial charge on any atom is 0.325 e. The van der Waals surface area contributed by atoms with Crippen LogP contribution in [0, 0.1) is 5.92 Å². The highest BCUT2D eigenvalue weighted by Gasteiger charge is 2.55. The van der Waals surface area contributed by atoms with Gasteiger partial charge in [-0.05, 0) is 31.6 Å². The second-order valence-corrected chi connectivity index (χ2v) is 8.05. The topological polar surface area (TPSA) is 78.5 Å². The van der Waals surface area contributed by atoms with Crippen LogP contribution in [0.1, 0.15) is 77.6 Å². The van der Waals surface area contributed by atoms with E-state index in [9.17, 15) is 14.4 Å².